The quantitative estimate of drug-likeness (QED) is 0.378. The third-order valence-corrected chi connectivity index (χ3v) is 5.53. The van der Waals surface area contributed by atoms with Crippen molar-refractivity contribution < 1.29 is 29.7 Å². The number of anilines is 1. The predicted octanol–water partition coefficient (Wildman–Crippen LogP) is -1.97. The molecule has 0 spiro atoms. The highest BCUT2D eigenvalue weighted by Gasteiger charge is 2.39. The van der Waals surface area contributed by atoms with Crippen molar-refractivity contribution >= 4 is 53.3 Å². The van der Waals surface area contributed by atoms with Crippen LogP contribution in [0.5, 0.6) is 0 Å². The summed E-state index contributed by atoms with van der Waals surface area (Å²) in [6.45, 7) is 1.84. The van der Waals surface area contributed by atoms with Gasteiger partial charge in [0.1, 0.15) is 6.04 Å². The highest BCUT2D eigenvalue weighted by atomic mass is 32.1. The van der Waals surface area contributed by atoms with E-state index in [1.807, 2.05) is 6.92 Å². The monoisotopic (exact) mass is 388 g/mol. The van der Waals surface area contributed by atoms with Gasteiger partial charge in [0.15, 0.2) is 0 Å². The van der Waals surface area contributed by atoms with Crippen molar-refractivity contribution in [2.45, 2.75) is 25.4 Å². The Balaban J connectivity index is 1.74. The largest absolute Gasteiger partial charge is 0.499 e. The van der Waals surface area contributed by atoms with E-state index in [1.165, 1.54) is 23.1 Å². The van der Waals surface area contributed by atoms with Crippen LogP contribution in [0.15, 0.2) is 36.4 Å². The molecule has 8 nitrogen and oxygen atoms in total. The van der Waals surface area contributed by atoms with Crippen LogP contribution in [0.1, 0.15) is 23.0 Å². The van der Waals surface area contributed by atoms with Gasteiger partial charge in [-0.15, -0.1) is 11.3 Å². The Hall–Kier alpha value is -2.17. The van der Waals surface area contributed by atoms with Crippen molar-refractivity contribution in [3.8, 4) is 0 Å². The number of thiophene rings is 1. The summed E-state index contributed by atoms with van der Waals surface area (Å²) in [5.74, 6) is -0.752. The van der Waals surface area contributed by atoms with E-state index in [-0.39, 0.29) is 27.1 Å². The first kappa shape index (κ1) is 19.6. The summed E-state index contributed by atoms with van der Waals surface area (Å²) in [6, 6.07) is 8.40. The number of hydrogen-bond donors (Lipinski definition) is 5. The van der Waals surface area contributed by atoms with E-state index < -0.39 is 26.2 Å². The fraction of sp³-hybridized carbons (Fsp3) is 0.250. The van der Waals surface area contributed by atoms with Gasteiger partial charge < -0.3 is 30.3 Å². The van der Waals surface area contributed by atoms with Gasteiger partial charge in [-0.25, -0.2) is 0 Å². The highest BCUT2D eigenvalue weighted by Crippen LogP contribution is 2.26. The molecule has 1 aromatic carbocycles. The van der Waals surface area contributed by atoms with Crippen molar-refractivity contribution in [3.05, 3.63) is 41.3 Å². The Bertz CT molecular complexity index is 859. The normalized spacial score (nSPS) is 19.3. The number of nitrogens with one attached hydrogen (secondary N) is 1. The number of benzene rings is 1. The smallest absolute Gasteiger partial charge is 0.423 e. The summed E-state index contributed by atoms with van der Waals surface area (Å²) in [5.41, 5.74) is 0.797. The minimum Gasteiger partial charge on any atom is -0.423 e. The van der Waals surface area contributed by atoms with Gasteiger partial charge in [0, 0.05) is 16.5 Å². The van der Waals surface area contributed by atoms with Crippen molar-refractivity contribution in [1.29, 1.82) is 0 Å². The fourth-order valence-corrected chi connectivity index (χ4v) is 3.90. The van der Waals surface area contributed by atoms with Crippen LogP contribution in [0.25, 0.3) is 0 Å². The van der Waals surface area contributed by atoms with Crippen LogP contribution < -0.4 is 20.5 Å². The maximum Gasteiger partial charge on any atom is 0.499 e. The van der Waals surface area contributed by atoms with E-state index in [9.17, 15) is 19.6 Å². The molecule has 2 atom stereocenters. The van der Waals surface area contributed by atoms with E-state index in [4.69, 9.17) is 10.0 Å². The first-order chi connectivity index (χ1) is 12.8. The molecular weight excluding hydrogens is 370 g/mol. The Morgan fingerprint density at radius 3 is 2.56 bits per heavy atom. The molecule has 0 bridgehead atoms. The molecule has 11 heteroatoms. The van der Waals surface area contributed by atoms with E-state index in [0.717, 1.165) is 11.3 Å². The average molecular weight is 388 g/mol. The molecule has 1 fully saturated rings. The standard InChI is InChI=1S/C16H18B2N2O6S/c1-9-7-12(19-15(21)13-5-6-14(27-13)18(25)26)16(22)20(9)11-4-2-3-10(8-11)17(23)24/h2-6,8-9,12,23-26H,7H2,1H3,(H,19,21)/t9?,12-/m0/s1. The van der Waals surface area contributed by atoms with Gasteiger partial charge in [-0.1, -0.05) is 18.2 Å². The lowest BCUT2D eigenvalue weighted by molar-refractivity contribution is -0.118. The Labute approximate surface area is 160 Å². The fourth-order valence-electron chi connectivity index (χ4n) is 3.11. The lowest BCUT2D eigenvalue weighted by atomic mass is 9.80. The molecule has 1 aliphatic heterocycles. The van der Waals surface area contributed by atoms with Crippen molar-refractivity contribution in [3.63, 3.8) is 0 Å². The maximum absolute atomic E-state index is 12.8. The summed E-state index contributed by atoms with van der Waals surface area (Å²) < 4.78 is 0.243. The predicted molar refractivity (Wildman–Crippen MR) is 103 cm³/mol. The molecule has 140 valence electrons. The summed E-state index contributed by atoms with van der Waals surface area (Å²) in [4.78, 5) is 27.0. The minimum atomic E-state index is -1.64. The lowest BCUT2D eigenvalue weighted by Gasteiger charge is -2.22. The molecule has 0 aliphatic carbocycles. The first-order valence-corrected chi connectivity index (χ1v) is 9.15. The van der Waals surface area contributed by atoms with Crippen LogP contribution in [0, 0.1) is 0 Å². The van der Waals surface area contributed by atoms with Gasteiger partial charge in [0.05, 0.1) is 4.88 Å². The van der Waals surface area contributed by atoms with E-state index in [2.05, 4.69) is 5.32 Å². The Kier molecular flexibility index (Phi) is 5.68. The number of hydrogen-bond acceptors (Lipinski definition) is 7. The molecule has 1 aromatic heterocycles. The molecule has 1 aliphatic rings. The van der Waals surface area contributed by atoms with Gasteiger partial charge in [-0.3, -0.25) is 9.59 Å². The molecule has 3 rings (SSSR count). The molecule has 1 unspecified atom stereocenters. The minimum absolute atomic E-state index is 0.188. The zero-order valence-electron chi connectivity index (χ0n) is 14.4. The number of amides is 2. The Morgan fingerprint density at radius 1 is 1.19 bits per heavy atom. The second-order valence-corrected chi connectivity index (χ2v) is 7.48. The van der Waals surface area contributed by atoms with Gasteiger partial charge in [-0.2, -0.15) is 0 Å². The van der Waals surface area contributed by atoms with E-state index in [0.29, 0.717) is 12.1 Å². The number of carbonyl (C=O) groups excluding carboxylic acids is 2. The number of nitrogens with zero attached hydrogens (tertiary/aromatic N) is 1. The topological polar surface area (TPSA) is 130 Å². The van der Waals surface area contributed by atoms with E-state index in [1.54, 1.807) is 18.2 Å². The highest BCUT2D eigenvalue weighted by molar-refractivity contribution is 7.23. The summed E-state index contributed by atoms with van der Waals surface area (Å²) in [5, 5.41) is 39.6. The van der Waals surface area contributed by atoms with Gasteiger partial charge in [0.2, 0.25) is 5.91 Å². The molecule has 0 saturated carbocycles. The summed E-state index contributed by atoms with van der Waals surface area (Å²) in [7, 11) is -3.28. The van der Waals surface area contributed by atoms with Crippen LogP contribution in [-0.4, -0.2) is 58.2 Å². The molecule has 27 heavy (non-hydrogen) atoms. The van der Waals surface area contributed by atoms with Gasteiger partial charge >= 0.3 is 14.2 Å². The molecular formula is C16H18B2N2O6S. The second-order valence-electron chi connectivity index (χ2n) is 6.36. The lowest BCUT2D eigenvalue weighted by Crippen LogP contribution is -2.42. The van der Waals surface area contributed by atoms with Crippen LogP contribution in [0.2, 0.25) is 0 Å². The maximum atomic E-state index is 12.8. The van der Waals surface area contributed by atoms with Crippen LogP contribution >= 0.6 is 11.3 Å². The third kappa shape index (κ3) is 4.07. The zero-order chi connectivity index (χ0) is 19.7. The third-order valence-electron chi connectivity index (χ3n) is 4.41. The zero-order valence-corrected chi connectivity index (χ0v) is 15.3. The molecule has 0 radical (unpaired) electrons. The van der Waals surface area contributed by atoms with Gasteiger partial charge in [-0.05, 0) is 37.0 Å². The van der Waals surface area contributed by atoms with Crippen LogP contribution in [0.3, 0.4) is 0 Å². The van der Waals surface area contributed by atoms with Crippen molar-refractivity contribution in [2.75, 3.05) is 4.90 Å². The van der Waals surface area contributed by atoms with Crippen LogP contribution in [0.4, 0.5) is 5.69 Å². The van der Waals surface area contributed by atoms with Gasteiger partial charge in [0.25, 0.3) is 5.91 Å². The van der Waals surface area contributed by atoms with Crippen LogP contribution in [-0.2, 0) is 4.79 Å². The SMILES string of the molecule is CC1C[C@H](NC(=O)c2ccc(B(O)O)s2)C(=O)N1c1cccc(B(O)O)c1. The van der Waals surface area contributed by atoms with E-state index >= 15 is 0 Å². The summed E-state index contributed by atoms with van der Waals surface area (Å²) in [6.07, 6.45) is 0.400. The molecule has 1 saturated heterocycles. The first-order valence-electron chi connectivity index (χ1n) is 8.34. The molecule has 2 amide bonds. The average Bonchev–Trinajstić information content (AvgIpc) is 3.21. The number of rotatable bonds is 5. The van der Waals surface area contributed by atoms with Crippen molar-refractivity contribution in [2.24, 2.45) is 0 Å². The molecule has 2 aromatic rings. The second kappa shape index (κ2) is 7.83. The Morgan fingerprint density at radius 2 is 1.93 bits per heavy atom. The van der Waals surface area contributed by atoms with Crippen molar-refractivity contribution in [1.82, 2.24) is 5.32 Å². The summed E-state index contributed by atoms with van der Waals surface area (Å²) >= 11 is 0.944. The molecule has 5 N–H and O–H groups in total. The molecule has 2 heterocycles. The number of carbonyl (C=O) groups is 2.